The smallest absolute Gasteiger partial charge is 0.416 e. The molecule has 1 aromatic carbocycles. The molecule has 3 nitrogen and oxygen atoms in total. The van der Waals surface area contributed by atoms with Crippen LogP contribution in [-0.4, -0.2) is 38.2 Å². The molecular weight excluding hydrogens is 281 g/mol. The summed E-state index contributed by atoms with van der Waals surface area (Å²) < 4.78 is 44.1. The van der Waals surface area contributed by atoms with E-state index in [2.05, 4.69) is 10.2 Å². The zero-order chi connectivity index (χ0) is 15.5. The molecule has 0 unspecified atom stereocenters. The highest BCUT2D eigenvalue weighted by Gasteiger charge is 2.32. The molecule has 0 spiro atoms. The van der Waals surface area contributed by atoms with Gasteiger partial charge in [0.05, 0.1) is 12.7 Å². The number of ether oxygens (including phenoxy) is 1. The molecular formula is C15H21F3N2O. The van der Waals surface area contributed by atoms with E-state index in [1.165, 1.54) is 13.2 Å². The van der Waals surface area contributed by atoms with E-state index < -0.39 is 11.7 Å². The van der Waals surface area contributed by atoms with Gasteiger partial charge in [-0.05, 0) is 30.2 Å². The van der Waals surface area contributed by atoms with E-state index in [0.717, 1.165) is 38.7 Å². The molecule has 118 valence electrons. The van der Waals surface area contributed by atoms with Crippen molar-refractivity contribution in [2.45, 2.75) is 25.6 Å². The van der Waals surface area contributed by atoms with Crippen LogP contribution in [0.2, 0.25) is 0 Å². The normalized spacial score (nSPS) is 18.5. The predicted octanol–water partition coefficient (Wildman–Crippen LogP) is 3.07. The van der Waals surface area contributed by atoms with E-state index in [9.17, 15) is 13.2 Å². The summed E-state index contributed by atoms with van der Waals surface area (Å²) in [6, 6.07) is 4.00. The molecule has 21 heavy (non-hydrogen) atoms. The van der Waals surface area contributed by atoms with Gasteiger partial charge in [-0.15, -0.1) is 0 Å². The Kier molecular flexibility index (Phi) is 5.11. The maximum Gasteiger partial charge on any atom is 0.416 e. The van der Waals surface area contributed by atoms with Crippen molar-refractivity contribution in [3.05, 3.63) is 29.3 Å². The lowest BCUT2D eigenvalue weighted by molar-refractivity contribution is -0.137. The second-order valence-electron chi connectivity index (χ2n) is 5.20. The second kappa shape index (κ2) is 6.66. The quantitative estimate of drug-likeness (QED) is 0.925. The number of piperazine rings is 1. The molecule has 1 fully saturated rings. The summed E-state index contributed by atoms with van der Waals surface area (Å²) in [4.78, 5) is 2.23. The molecule has 1 atom stereocenters. The number of hydrogen-bond donors (Lipinski definition) is 1. The van der Waals surface area contributed by atoms with E-state index in [1.54, 1.807) is 6.07 Å². The highest BCUT2D eigenvalue weighted by Crippen LogP contribution is 2.36. The number of benzene rings is 1. The van der Waals surface area contributed by atoms with Crippen molar-refractivity contribution in [2.75, 3.05) is 33.3 Å². The molecule has 0 bridgehead atoms. The number of alkyl halides is 3. The van der Waals surface area contributed by atoms with Gasteiger partial charge >= 0.3 is 6.18 Å². The average Bonchev–Trinajstić information content (AvgIpc) is 2.48. The fourth-order valence-corrected chi connectivity index (χ4v) is 2.79. The number of hydrogen-bond acceptors (Lipinski definition) is 3. The minimum Gasteiger partial charge on any atom is -0.497 e. The minimum absolute atomic E-state index is 0.0108. The third-order valence-corrected chi connectivity index (χ3v) is 3.86. The van der Waals surface area contributed by atoms with Crippen LogP contribution in [0.15, 0.2) is 18.2 Å². The summed E-state index contributed by atoms with van der Waals surface area (Å²) in [5.41, 5.74) is 0.0245. The van der Waals surface area contributed by atoms with Crippen LogP contribution < -0.4 is 10.1 Å². The lowest BCUT2D eigenvalue weighted by Crippen LogP contribution is -2.45. The molecule has 1 aliphatic heterocycles. The SMILES string of the molecule is CC[C@H](c1cc(OC)cc(C(F)(F)F)c1)N1CCNCC1. The summed E-state index contributed by atoms with van der Waals surface area (Å²) in [6.45, 7) is 5.42. The van der Waals surface area contributed by atoms with Gasteiger partial charge in [0.2, 0.25) is 0 Å². The van der Waals surface area contributed by atoms with Crippen molar-refractivity contribution < 1.29 is 17.9 Å². The molecule has 0 amide bonds. The lowest BCUT2D eigenvalue weighted by Gasteiger charge is -2.35. The first-order valence-electron chi connectivity index (χ1n) is 7.16. The first kappa shape index (κ1) is 16.1. The van der Waals surface area contributed by atoms with E-state index in [1.807, 2.05) is 6.92 Å². The standard InChI is InChI=1S/C15H21F3N2O/c1-3-14(20-6-4-19-5-7-20)11-8-12(15(16,17)18)10-13(9-11)21-2/h8-10,14,19H,3-7H2,1-2H3/t14-/m1/s1. The molecule has 1 aromatic rings. The molecule has 1 saturated heterocycles. The summed E-state index contributed by atoms with van der Waals surface area (Å²) >= 11 is 0. The van der Waals surface area contributed by atoms with Gasteiger partial charge in [-0.3, -0.25) is 4.90 Å². The molecule has 0 aliphatic carbocycles. The van der Waals surface area contributed by atoms with Crippen molar-refractivity contribution in [2.24, 2.45) is 0 Å². The lowest BCUT2D eigenvalue weighted by atomic mass is 9.99. The number of nitrogens with zero attached hydrogens (tertiary/aromatic N) is 1. The van der Waals surface area contributed by atoms with Crippen molar-refractivity contribution >= 4 is 0 Å². The van der Waals surface area contributed by atoms with Gasteiger partial charge in [0.15, 0.2) is 0 Å². The largest absolute Gasteiger partial charge is 0.497 e. The maximum absolute atomic E-state index is 13.0. The molecule has 1 aliphatic rings. The molecule has 0 saturated carbocycles. The number of methoxy groups -OCH3 is 1. The van der Waals surface area contributed by atoms with Crippen molar-refractivity contribution in [3.8, 4) is 5.75 Å². The van der Waals surface area contributed by atoms with Crippen LogP contribution in [0.4, 0.5) is 13.2 Å². The topological polar surface area (TPSA) is 24.5 Å². The van der Waals surface area contributed by atoms with Crippen LogP contribution in [0.25, 0.3) is 0 Å². The van der Waals surface area contributed by atoms with Gasteiger partial charge in [0, 0.05) is 32.2 Å². The fraction of sp³-hybridized carbons (Fsp3) is 0.600. The third-order valence-electron chi connectivity index (χ3n) is 3.86. The summed E-state index contributed by atoms with van der Waals surface area (Å²) in [7, 11) is 1.39. The number of nitrogens with one attached hydrogen (secondary N) is 1. The first-order chi connectivity index (χ1) is 9.95. The Bertz CT molecular complexity index is 470. The molecule has 0 aromatic heterocycles. The Balaban J connectivity index is 2.35. The Morgan fingerprint density at radius 2 is 1.90 bits per heavy atom. The van der Waals surface area contributed by atoms with E-state index in [4.69, 9.17) is 4.74 Å². The maximum atomic E-state index is 13.0. The Morgan fingerprint density at radius 1 is 1.24 bits per heavy atom. The highest BCUT2D eigenvalue weighted by atomic mass is 19.4. The van der Waals surface area contributed by atoms with Crippen molar-refractivity contribution in [1.82, 2.24) is 10.2 Å². The van der Waals surface area contributed by atoms with E-state index in [-0.39, 0.29) is 11.8 Å². The summed E-state index contributed by atoms with van der Waals surface area (Å²) in [5.74, 6) is 0.258. The van der Waals surface area contributed by atoms with Crippen LogP contribution in [-0.2, 0) is 6.18 Å². The van der Waals surface area contributed by atoms with E-state index >= 15 is 0 Å². The second-order valence-corrected chi connectivity index (χ2v) is 5.20. The highest BCUT2D eigenvalue weighted by molar-refractivity contribution is 5.37. The molecule has 1 N–H and O–H groups in total. The van der Waals surface area contributed by atoms with Crippen LogP contribution in [0.1, 0.15) is 30.5 Å². The zero-order valence-electron chi connectivity index (χ0n) is 12.3. The monoisotopic (exact) mass is 302 g/mol. The Labute approximate surface area is 123 Å². The van der Waals surface area contributed by atoms with Gasteiger partial charge in [-0.25, -0.2) is 0 Å². The van der Waals surface area contributed by atoms with Crippen molar-refractivity contribution in [1.29, 1.82) is 0 Å². The predicted molar refractivity (Wildman–Crippen MR) is 75.5 cm³/mol. The van der Waals surface area contributed by atoms with Gasteiger partial charge < -0.3 is 10.1 Å². The van der Waals surface area contributed by atoms with Crippen molar-refractivity contribution in [3.63, 3.8) is 0 Å². The van der Waals surface area contributed by atoms with Crippen LogP contribution in [0, 0.1) is 0 Å². The number of halogens is 3. The average molecular weight is 302 g/mol. The van der Waals surface area contributed by atoms with Crippen LogP contribution in [0.5, 0.6) is 5.75 Å². The number of rotatable bonds is 4. The Hall–Kier alpha value is -1.27. The molecule has 1 heterocycles. The van der Waals surface area contributed by atoms with Gasteiger partial charge in [-0.1, -0.05) is 6.92 Å². The van der Waals surface area contributed by atoms with Crippen LogP contribution in [0.3, 0.4) is 0 Å². The minimum atomic E-state index is -4.36. The van der Waals surface area contributed by atoms with E-state index in [0.29, 0.717) is 5.56 Å². The molecule has 2 rings (SSSR count). The summed E-state index contributed by atoms with van der Waals surface area (Å²) in [5, 5.41) is 3.26. The van der Waals surface area contributed by atoms with Gasteiger partial charge in [0.1, 0.15) is 5.75 Å². The molecule has 6 heteroatoms. The summed E-state index contributed by atoms with van der Waals surface area (Å²) in [6.07, 6.45) is -3.59. The first-order valence-corrected chi connectivity index (χ1v) is 7.16. The third kappa shape index (κ3) is 3.89. The van der Waals surface area contributed by atoms with Gasteiger partial charge in [-0.2, -0.15) is 13.2 Å². The molecule has 0 radical (unpaired) electrons. The fourth-order valence-electron chi connectivity index (χ4n) is 2.79. The zero-order valence-corrected chi connectivity index (χ0v) is 12.3. The van der Waals surface area contributed by atoms with Crippen LogP contribution >= 0.6 is 0 Å². The van der Waals surface area contributed by atoms with Gasteiger partial charge in [0.25, 0.3) is 0 Å². The Morgan fingerprint density at radius 3 is 2.43 bits per heavy atom.